The summed E-state index contributed by atoms with van der Waals surface area (Å²) in [4.78, 5) is 8.00. The van der Waals surface area contributed by atoms with Crippen LogP contribution in [0.2, 0.25) is 0 Å². The highest BCUT2D eigenvalue weighted by Crippen LogP contribution is 2.29. The quantitative estimate of drug-likeness (QED) is 0.371. The van der Waals surface area contributed by atoms with E-state index in [9.17, 15) is 18.3 Å². The van der Waals surface area contributed by atoms with Crippen LogP contribution in [0, 0.1) is 0 Å². The molecular weight excluding hydrogens is 448 g/mol. The second-order valence-corrected chi connectivity index (χ2v) is 6.84. The van der Waals surface area contributed by atoms with Crippen LogP contribution in [0.3, 0.4) is 0 Å². The van der Waals surface area contributed by atoms with Crippen LogP contribution in [0.4, 0.5) is 13.2 Å². The molecule has 2 rings (SSSR count). The third-order valence-electron chi connectivity index (χ3n) is 5.03. The van der Waals surface area contributed by atoms with Gasteiger partial charge in [-0.1, -0.05) is 12.8 Å². The van der Waals surface area contributed by atoms with Crippen molar-refractivity contribution in [3.63, 3.8) is 0 Å². The van der Waals surface area contributed by atoms with Crippen molar-refractivity contribution in [3.05, 3.63) is 0 Å². The second kappa shape index (κ2) is 9.59. The molecule has 148 valence electrons. The molecule has 1 unspecified atom stereocenters. The average molecular weight is 478 g/mol. The van der Waals surface area contributed by atoms with Crippen molar-refractivity contribution in [1.29, 1.82) is 0 Å². The summed E-state index contributed by atoms with van der Waals surface area (Å²) in [7, 11) is 0. The number of nitrogens with zero attached hydrogens (tertiary/aromatic N) is 3. The fraction of sp³-hybridized carbons (Fsp3) is 0.938. The molecule has 0 aromatic carbocycles. The normalized spacial score (nSPS) is 23.3. The van der Waals surface area contributed by atoms with E-state index >= 15 is 0 Å². The van der Waals surface area contributed by atoms with Crippen molar-refractivity contribution < 1.29 is 18.3 Å². The van der Waals surface area contributed by atoms with E-state index in [0.29, 0.717) is 45.2 Å². The van der Waals surface area contributed by atoms with Gasteiger partial charge < -0.3 is 15.3 Å². The number of nitrogens with one attached hydrogen (secondary N) is 1. The Bertz CT molecular complexity index is 434. The minimum absolute atomic E-state index is 0. The minimum atomic E-state index is -4.19. The minimum Gasteiger partial charge on any atom is -0.388 e. The Labute approximate surface area is 165 Å². The summed E-state index contributed by atoms with van der Waals surface area (Å²) < 4.78 is 38.5. The number of aliphatic hydroxyl groups is 1. The lowest BCUT2D eigenvalue weighted by Gasteiger charge is -2.39. The molecule has 0 spiro atoms. The van der Waals surface area contributed by atoms with Crippen molar-refractivity contribution in [1.82, 2.24) is 15.1 Å². The first-order valence-corrected chi connectivity index (χ1v) is 8.81. The Kier molecular flexibility index (Phi) is 8.73. The lowest BCUT2D eigenvalue weighted by molar-refractivity contribution is -0.181. The smallest absolute Gasteiger partial charge is 0.388 e. The van der Waals surface area contributed by atoms with Crippen molar-refractivity contribution in [3.8, 4) is 0 Å². The van der Waals surface area contributed by atoms with E-state index in [0.717, 1.165) is 25.7 Å². The van der Waals surface area contributed by atoms with Crippen LogP contribution >= 0.6 is 24.0 Å². The molecule has 2 fully saturated rings. The maximum Gasteiger partial charge on any atom is 0.403 e. The molecule has 2 aliphatic rings. The Balaban J connectivity index is 0.00000312. The third-order valence-corrected chi connectivity index (χ3v) is 5.03. The van der Waals surface area contributed by atoms with Gasteiger partial charge in [-0.2, -0.15) is 13.2 Å². The van der Waals surface area contributed by atoms with Crippen LogP contribution < -0.4 is 5.32 Å². The number of hydrogen-bond acceptors (Lipinski definition) is 3. The SMILES string of the molecule is CCNC(=NCC1(O)CCCC1)N1CCN(C(C)C(F)(F)F)CC1.I. The monoisotopic (exact) mass is 478 g/mol. The predicted molar refractivity (Wildman–Crippen MR) is 103 cm³/mol. The topological polar surface area (TPSA) is 51.1 Å². The highest BCUT2D eigenvalue weighted by molar-refractivity contribution is 14.0. The van der Waals surface area contributed by atoms with E-state index in [1.54, 1.807) is 0 Å². The molecule has 0 amide bonds. The number of rotatable bonds is 4. The number of halogens is 4. The lowest BCUT2D eigenvalue weighted by Crippen LogP contribution is -2.57. The first-order valence-electron chi connectivity index (χ1n) is 8.81. The molecule has 0 radical (unpaired) electrons. The predicted octanol–water partition coefficient (Wildman–Crippen LogP) is 2.44. The van der Waals surface area contributed by atoms with E-state index in [-0.39, 0.29) is 24.0 Å². The van der Waals surface area contributed by atoms with Crippen molar-refractivity contribution in [2.75, 3.05) is 39.3 Å². The van der Waals surface area contributed by atoms with Crippen LogP contribution in [0.25, 0.3) is 0 Å². The lowest BCUT2D eigenvalue weighted by atomic mass is 10.0. The molecule has 1 aliphatic carbocycles. The summed E-state index contributed by atoms with van der Waals surface area (Å²) in [5.74, 6) is 0.692. The van der Waals surface area contributed by atoms with Gasteiger partial charge in [-0.3, -0.25) is 9.89 Å². The molecule has 0 aromatic rings. The zero-order chi connectivity index (χ0) is 17.8. The second-order valence-electron chi connectivity index (χ2n) is 6.84. The van der Waals surface area contributed by atoms with Gasteiger partial charge in [-0.05, 0) is 26.7 Å². The Morgan fingerprint density at radius 2 is 1.76 bits per heavy atom. The van der Waals surface area contributed by atoms with Crippen molar-refractivity contribution in [2.45, 2.75) is 57.3 Å². The van der Waals surface area contributed by atoms with E-state index in [1.807, 2.05) is 11.8 Å². The first kappa shape index (κ1) is 22.8. The summed E-state index contributed by atoms with van der Waals surface area (Å²) in [6.07, 6.45) is -0.598. The van der Waals surface area contributed by atoms with Gasteiger partial charge in [-0.15, -0.1) is 24.0 Å². The van der Waals surface area contributed by atoms with Gasteiger partial charge in [-0.25, -0.2) is 0 Å². The van der Waals surface area contributed by atoms with E-state index in [2.05, 4.69) is 10.3 Å². The van der Waals surface area contributed by atoms with Crippen molar-refractivity contribution in [2.24, 2.45) is 4.99 Å². The molecule has 1 saturated heterocycles. The zero-order valence-corrected chi connectivity index (χ0v) is 17.3. The van der Waals surface area contributed by atoms with Crippen LogP contribution in [-0.4, -0.2) is 78.0 Å². The Hall–Kier alpha value is -0.290. The molecule has 5 nitrogen and oxygen atoms in total. The maximum atomic E-state index is 12.8. The summed E-state index contributed by atoms with van der Waals surface area (Å²) in [6.45, 7) is 5.94. The molecule has 2 N–H and O–H groups in total. The number of alkyl halides is 3. The van der Waals surface area contributed by atoms with E-state index in [4.69, 9.17) is 0 Å². The standard InChI is InChI=1S/C16H29F3N4O.HI/c1-3-20-14(21-12-15(24)6-4-5-7-15)23-10-8-22(9-11-23)13(2)16(17,18)19;/h13,24H,3-12H2,1-2H3,(H,20,21);1H. The molecule has 1 saturated carbocycles. The fourth-order valence-corrected chi connectivity index (χ4v) is 3.37. The number of guanidine groups is 1. The van der Waals surface area contributed by atoms with Gasteiger partial charge >= 0.3 is 6.18 Å². The highest BCUT2D eigenvalue weighted by Gasteiger charge is 2.41. The van der Waals surface area contributed by atoms with Crippen molar-refractivity contribution >= 4 is 29.9 Å². The van der Waals surface area contributed by atoms with Gasteiger partial charge in [0.1, 0.15) is 6.04 Å². The highest BCUT2D eigenvalue weighted by atomic mass is 127. The summed E-state index contributed by atoms with van der Waals surface area (Å²) in [5.41, 5.74) is -0.715. The van der Waals surface area contributed by atoms with Gasteiger partial charge in [0.25, 0.3) is 0 Å². The molecule has 25 heavy (non-hydrogen) atoms. The van der Waals surface area contributed by atoms with Crippen LogP contribution in [0.15, 0.2) is 4.99 Å². The molecule has 1 aliphatic heterocycles. The summed E-state index contributed by atoms with van der Waals surface area (Å²) >= 11 is 0. The van der Waals surface area contributed by atoms with Crippen LogP contribution in [-0.2, 0) is 0 Å². The van der Waals surface area contributed by atoms with Gasteiger partial charge in [0.15, 0.2) is 5.96 Å². The average Bonchev–Trinajstić information content (AvgIpc) is 2.97. The van der Waals surface area contributed by atoms with Crippen LogP contribution in [0.1, 0.15) is 39.5 Å². The zero-order valence-electron chi connectivity index (χ0n) is 15.0. The molecular formula is C16H30F3IN4O. The maximum absolute atomic E-state index is 12.8. The first-order chi connectivity index (χ1) is 11.2. The fourth-order valence-electron chi connectivity index (χ4n) is 3.37. The van der Waals surface area contributed by atoms with Gasteiger partial charge in [0.05, 0.1) is 12.1 Å². The number of hydrogen-bond donors (Lipinski definition) is 2. The number of aliphatic imine (C=N–C) groups is 1. The number of piperazine rings is 1. The largest absolute Gasteiger partial charge is 0.403 e. The van der Waals surface area contributed by atoms with Crippen LogP contribution in [0.5, 0.6) is 0 Å². The Morgan fingerprint density at radius 1 is 1.20 bits per heavy atom. The molecule has 9 heteroatoms. The third kappa shape index (κ3) is 6.42. The van der Waals surface area contributed by atoms with Gasteiger partial charge in [0.2, 0.25) is 0 Å². The molecule has 1 heterocycles. The molecule has 0 aromatic heterocycles. The summed E-state index contributed by atoms with van der Waals surface area (Å²) in [6, 6.07) is -1.42. The van der Waals surface area contributed by atoms with E-state index in [1.165, 1.54) is 11.8 Å². The summed E-state index contributed by atoms with van der Waals surface area (Å²) in [5, 5.41) is 13.6. The molecule has 0 bridgehead atoms. The Morgan fingerprint density at radius 3 is 2.24 bits per heavy atom. The van der Waals surface area contributed by atoms with E-state index < -0.39 is 17.8 Å². The molecule has 1 atom stereocenters. The van der Waals surface area contributed by atoms with Gasteiger partial charge in [0, 0.05) is 32.7 Å².